The molecule has 4 nitrogen and oxygen atoms in total. The highest BCUT2D eigenvalue weighted by atomic mass is 16.6. The zero-order chi connectivity index (χ0) is 16.4. The Balaban J connectivity index is 2.00. The fraction of sp³-hybridized carbons (Fsp3) is 0.263. The van der Waals surface area contributed by atoms with E-state index in [-0.39, 0.29) is 12.5 Å². The molecule has 23 heavy (non-hydrogen) atoms. The molecular formula is C19H20N2O2. The molecule has 0 saturated heterocycles. The third kappa shape index (κ3) is 3.42. The van der Waals surface area contributed by atoms with Gasteiger partial charge in [0.05, 0.1) is 5.52 Å². The molecule has 0 spiro atoms. The van der Waals surface area contributed by atoms with Crippen LogP contribution < -0.4 is 0 Å². The van der Waals surface area contributed by atoms with Crippen LogP contribution in [0.15, 0.2) is 54.6 Å². The standard InChI is InChI=1S/C19H20N2O2/c1-19(2,3)23-17(22)13-21-16-12-8-7-11-15(16)18(20-21)14-9-5-4-6-10-14/h4-12H,13H2,1-3H3. The predicted molar refractivity (Wildman–Crippen MR) is 91.0 cm³/mol. The molecule has 0 fully saturated rings. The molecular weight excluding hydrogens is 288 g/mol. The molecule has 0 bridgehead atoms. The molecule has 0 aliphatic rings. The van der Waals surface area contributed by atoms with Crippen molar-refractivity contribution < 1.29 is 9.53 Å². The van der Waals surface area contributed by atoms with Gasteiger partial charge in [-0.25, -0.2) is 0 Å². The van der Waals surface area contributed by atoms with E-state index in [0.29, 0.717) is 0 Å². The molecule has 0 saturated carbocycles. The predicted octanol–water partition coefficient (Wildman–Crippen LogP) is 4.05. The van der Waals surface area contributed by atoms with Gasteiger partial charge in [-0.15, -0.1) is 0 Å². The Morgan fingerprint density at radius 3 is 2.39 bits per heavy atom. The molecule has 118 valence electrons. The van der Waals surface area contributed by atoms with Gasteiger partial charge in [0.15, 0.2) is 0 Å². The molecule has 0 atom stereocenters. The molecule has 2 aromatic carbocycles. The second kappa shape index (κ2) is 5.88. The first-order chi connectivity index (χ1) is 10.9. The van der Waals surface area contributed by atoms with E-state index in [2.05, 4.69) is 5.10 Å². The van der Waals surface area contributed by atoms with Crippen LogP contribution in [-0.4, -0.2) is 21.4 Å². The highest BCUT2D eigenvalue weighted by molar-refractivity contribution is 5.93. The number of carbonyl (C=O) groups is 1. The second-order valence-corrected chi connectivity index (χ2v) is 6.48. The van der Waals surface area contributed by atoms with Crippen LogP contribution in [0.2, 0.25) is 0 Å². The number of hydrogen-bond acceptors (Lipinski definition) is 3. The highest BCUT2D eigenvalue weighted by Gasteiger charge is 2.19. The number of para-hydroxylation sites is 1. The minimum Gasteiger partial charge on any atom is -0.459 e. The maximum absolute atomic E-state index is 12.1. The second-order valence-electron chi connectivity index (χ2n) is 6.48. The van der Waals surface area contributed by atoms with Gasteiger partial charge in [0.1, 0.15) is 17.8 Å². The molecule has 3 rings (SSSR count). The number of nitrogens with zero attached hydrogens (tertiary/aromatic N) is 2. The fourth-order valence-corrected chi connectivity index (χ4v) is 2.55. The number of rotatable bonds is 3. The van der Waals surface area contributed by atoms with E-state index in [9.17, 15) is 4.79 Å². The van der Waals surface area contributed by atoms with E-state index >= 15 is 0 Å². The van der Waals surface area contributed by atoms with E-state index in [0.717, 1.165) is 22.2 Å². The van der Waals surface area contributed by atoms with Crippen LogP contribution >= 0.6 is 0 Å². The molecule has 0 radical (unpaired) electrons. The van der Waals surface area contributed by atoms with Gasteiger partial charge in [0.2, 0.25) is 0 Å². The van der Waals surface area contributed by atoms with Crippen molar-refractivity contribution in [2.75, 3.05) is 0 Å². The summed E-state index contributed by atoms with van der Waals surface area (Å²) in [6.45, 7) is 5.69. The first-order valence-corrected chi connectivity index (χ1v) is 7.67. The van der Waals surface area contributed by atoms with E-state index in [1.165, 1.54) is 0 Å². The average molecular weight is 308 g/mol. The van der Waals surface area contributed by atoms with Crippen LogP contribution in [0.4, 0.5) is 0 Å². The molecule has 0 amide bonds. The Hall–Kier alpha value is -2.62. The van der Waals surface area contributed by atoms with E-state index in [1.54, 1.807) is 4.68 Å². The zero-order valence-corrected chi connectivity index (χ0v) is 13.6. The molecule has 0 unspecified atom stereocenters. The van der Waals surface area contributed by atoms with Gasteiger partial charge in [-0.05, 0) is 26.8 Å². The van der Waals surface area contributed by atoms with Gasteiger partial charge in [-0.2, -0.15) is 5.10 Å². The summed E-state index contributed by atoms with van der Waals surface area (Å²) in [4.78, 5) is 12.1. The number of carbonyl (C=O) groups excluding carboxylic acids is 1. The lowest BCUT2D eigenvalue weighted by molar-refractivity contribution is -0.155. The minimum absolute atomic E-state index is 0.102. The SMILES string of the molecule is CC(C)(C)OC(=O)Cn1nc(-c2ccccc2)c2ccccc21. The lowest BCUT2D eigenvalue weighted by Gasteiger charge is -2.19. The summed E-state index contributed by atoms with van der Waals surface area (Å²) in [5.74, 6) is -0.287. The van der Waals surface area contributed by atoms with E-state index in [1.807, 2.05) is 75.4 Å². The number of hydrogen-bond donors (Lipinski definition) is 0. The van der Waals surface area contributed by atoms with Gasteiger partial charge in [-0.1, -0.05) is 48.5 Å². The average Bonchev–Trinajstić information content (AvgIpc) is 2.85. The third-order valence-electron chi connectivity index (χ3n) is 3.40. The van der Waals surface area contributed by atoms with Crippen LogP contribution in [0, 0.1) is 0 Å². The molecule has 0 N–H and O–H groups in total. The Labute approximate surface area is 135 Å². The van der Waals surface area contributed by atoms with Gasteiger partial charge in [0, 0.05) is 10.9 Å². The van der Waals surface area contributed by atoms with Crippen molar-refractivity contribution >= 4 is 16.9 Å². The summed E-state index contributed by atoms with van der Waals surface area (Å²) in [6, 6.07) is 17.9. The zero-order valence-electron chi connectivity index (χ0n) is 13.6. The summed E-state index contributed by atoms with van der Waals surface area (Å²) in [5, 5.41) is 5.68. The fourth-order valence-electron chi connectivity index (χ4n) is 2.55. The van der Waals surface area contributed by atoms with Crippen LogP contribution in [0.1, 0.15) is 20.8 Å². The Kier molecular flexibility index (Phi) is 3.90. The number of fused-ring (bicyclic) bond motifs is 1. The van der Waals surface area contributed by atoms with E-state index < -0.39 is 5.60 Å². The summed E-state index contributed by atoms with van der Waals surface area (Å²) in [6.07, 6.45) is 0. The van der Waals surface area contributed by atoms with Crippen molar-refractivity contribution in [2.24, 2.45) is 0 Å². The Bertz CT molecular complexity index is 829. The van der Waals surface area contributed by atoms with Gasteiger partial charge in [0.25, 0.3) is 0 Å². The molecule has 1 heterocycles. The Morgan fingerprint density at radius 2 is 1.70 bits per heavy atom. The van der Waals surface area contributed by atoms with Gasteiger partial charge >= 0.3 is 5.97 Å². The molecule has 0 aliphatic carbocycles. The summed E-state index contributed by atoms with van der Waals surface area (Å²) < 4.78 is 7.12. The molecule has 4 heteroatoms. The summed E-state index contributed by atoms with van der Waals surface area (Å²) in [5.41, 5.74) is 2.34. The number of aromatic nitrogens is 2. The van der Waals surface area contributed by atoms with Crippen molar-refractivity contribution in [1.29, 1.82) is 0 Å². The van der Waals surface area contributed by atoms with Crippen molar-refractivity contribution in [3.05, 3.63) is 54.6 Å². The van der Waals surface area contributed by atoms with Crippen LogP contribution in [0.3, 0.4) is 0 Å². The van der Waals surface area contributed by atoms with E-state index in [4.69, 9.17) is 4.74 Å². The smallest absolute Gasteiger partial charge is 0.328 e. The third-order valence-corrected chi connectivity index (χ3v) is 3.40. The minimum atomic E-state index is -0.498. The summed E-state index contributed by atoms with van der Waals surface area (Å²) in [7, 11) is 0. The molecule has 3 aromatic rings. The van der Waals surface area contributed by atoms with Crippen molar-refractivity contribution in [1.82, 2.24) is 9.78 Å². The largest absolute Gasteiger partial charge is 0.459 e. The maximum atomic E-state index is 12.1. The van der Waals surface area contributed by atoms with Gasteiger partial charge in [-0.3, -0.25) is 9.48 Å². The normalized spacial score (nSPS) is 11.6. The first kappa shape index (κ1) is 15.3. The van der Waals surface area contributed by atoms with Gasteiger partial charge < -0.3 is 4.74 Å². The van der Waals surface area contributed by atoms with Crippen LogP contribution in [0.5, 0.6) is 0 Å². The number of benzene rings is 2. The monoisotopic (exact) mass is 308 g/mol. The first-order valence-electron chi connectivity index (χ1n) is 7.67. The lowest BCUT2D eigenvalue weighted by atomic mass is 10.1. The Morgan fingerprint density at radius 1 is 1.04 bits per heavy atom. The van der Waals surface area contributed by atoms with Crippen LogP contribution in [-0.2, 0) is 16.1 Å². The van der Waals surface area contributed by atoms with Crippen molar-refractivity contribution in [3.63, 3.8) is 0 Å². The quantitative estimate of drug-likeness (QED) is 0.686. The lowest BCUT2D eigenvalue weighted by Crippen LogP contribution is -2.26. The van der Waals surface area contributed by atoms with Crippen LogP contribution in [0.25, 0.3) is 22.2 Å². The number of ether oxygens (including phenoxy) is 1. The molecule has 0 aliphatic heterocycles. The van der Waals surface area contributed by atoms with Crippen molar-refractivity contribution in [3.8, 4) is 11.3 Å². The number of esters is 1. The van der Waals surface area contributed by atoms with Crippen molar-refractivity contribution in [2.45, 2.75) is 32.9 Å². The topological polar surface area (TPSA) is 44.1 Å². The molecule has 1 aromatic heterocycles. The summed E-state index contributed by atoms with van der Waals surface area (Å²) >= 11 is 0. The maximum Gasteiger partial charge on any atom is 0.328 e. The highest BCUT2D eigenvalue weighted by Crippen LogP contribution is 2.27.